The molecule has 4 aromatic carbocycles. The highest BCUT2D eigenvalue weighted by Gasteiger charge is 2.22. The average Bonchev–Trinajstić information content (AvgIpc) is 2.81. The highest BCUT2D eigenvalue weighted by molar-refractivity contribution is 5.95. The molecule has 1 aliphatic heterocycles. The maximum absolute atomic E-state index is 2.40. The molecule has 1 heterocycles. The van der Waals surface area contributed by atoms with Gasteiger partial charge in [0.15, 0.2) is 0 Å². The van der Waals surface area contributed by atoms with Crippen molar-refractivity contribution in [1.29, 1.82) is 0 Å². The van der Waals surface area contributed by atoms with Gasteiger partial charge in [0.25, 0.3) is 0 Å². The van der Waals surface area contributed by atoms with Crippen molar-refractivity contribution < 1.29 is 0 Å². The quantitative estimate of drug-likeness (QED) is 0.378. The van der Waals surface area contributed by atoms with E-state index in [1.54, 1.807) is 0 Å². The Kier molecular flexibility index (Phi) is 4.10. The monoisotopic (exact) mass is 362 g/mol. The lowest BCUT2D eigenvalue weighted by Gasteiger charge is -2.32. The van der Waals surface area contributed by atoms with Gasteiger partial charge in [-0.05, 0) is 35.4 Å². The van der Waals surface area contributed by atoms with Crippen LogP contribution >= 0.6 is 0 Å². The second-order valence-corrected chi connectivity index (χ2v) is 7.18. The Hall–Kier alpha value is -3.52. The fourth-order valence-electron chi connectivity index (χ4n) is 4.12. The number of hydrogen-bond acceptors (Lipinski definition) is 2. The molecule has 28 heavy (non-hydrogen) atoms. The van der Waals surface area contributed by atoms with Crippen LogP contribution in [0.3, 0.4) is 0 Å². The van der Waals surface area contributed by atoms with E-state index in [-0.39, 0.29) is 0 Å². The van der Waals surface area contributed by atoms with E-state index in [9.17, 15) is 0 Å². The number of anilines is 3. The Morgan fingerprint density at radius 2 is 0.964 bits per heavy atom. The molecule has 136 valence electrons. The van der Waals surface area contributed by atoms with Gasteiger partial charge in [-0.15, -0.1) is 0 Å². The summed E-state index contributed by atoms with van der Waals surface area (Å²) in [5, 5.41) is 0. The number of rotatable bonds is 1. The summed E-state index contributed by atoms with van der Waals surface area (Å²) in [6.45, 7) is 0.770. The summed E-state index contributed by atoms with van der Waals surface area (Å²) in [6.07, 6.45) is 0. The minimum absolute atomic E-state index is 0.770. The van der Waals surface area contributed by atoms with Crippen LogP contribution < -0.4 is 9.80 Å². The van der Waals surface area contributed by atoms with Gasteiger partial charge >= 0.3 is 0 Å². The van der Waals surface area contributed by atoms with Gasteiger partial charge in [-0.1, -0.05) is 78.9 Å². The SMILES string of the molecule is CN1CN(c2ccccc2)c2ccccc2-c2ccccc2-c2ccccc21. The first-order valence-electron chi connectivity index (χ1n) is 9.64. The van der Waals surface area contributed by atoms with Crippen LogP contribution in [0.1, 0.15) is 0 Å². The first kappa shape index (κ1) is 16.6. The van der Waals surface area contributed by atoms with Crippen molar-refractivity contribution in [3.63, 3.8) is 0 Å². The lowest BCUT2D eigenvalue weighted by Crippen LogP contribution is -2.32. The van der Waals surface area contributed by atoms with Crippen molar-refractivity contribution in [3.8, 4) is 22.3 Å². The van der Waals surface area contributed by atoms with E-state index in [1.807, 2.05) is 0 Å². The molecule has 0 bridgehead atoms. The fraction of sp³-hybridized carbons (Fsp3) is 0.0769. The average molecular weight is 362 g/mol. The molecule has 0 aliphatic carbocycles. The van der Waals surface area contributed by atoms with Crippen LogP contribution in [0.2, 0.25) is 0 Å². The van der Waals surface area contributed by atoms with Crippen molar-refractivity contribution in [2.45, 2.75) is 0 Å². The highest BCUT2D eigenvalue weighted by atomic mass is 15.3. The van der Waals surface area contributed by atoms with Crippen LogP contribution in [0.4, 0.5) is 17.1 Å². The van der Waals surface area contributed by atoms with Gasteiger partial charge < -0.3 is 9.80 Å². The predicted octanol–water partition coefficient (Wildman–Crippen LogP) is 6.57. The molecule has 5 rings (SSSR count). The second kappa shape index (κ2) is 6.90. The van der Waals surface area contributed by atoms with Crippen LogP contribution in [0.5, 0.6) is 0 Å². The van der Waals surface area contributed by atoms with E-state index >= 15 is 0 Å². The van der Waals surface area contributed by atoms with Crippen molar-refractivity contribution >= 4 is 17.1 Å². The van der Waals surface area contributed by atoms with Gasteiger partial charge in [0.05, 0.1) is 12.4 Å². The minimum Gasteiger partial charge on any atom is -0.356 e. The number of fused-ring (bicyclic) bond motifs is 5. The van der Waals surface area contributed by atoms with Crippen molar-refractivity contribution in [1.82, 2.24) is 0 Å². The van der Waals surface area contributed by atoms with Crippen LogP contribution in [-0.2, 0) is 0 Å². The summed E-state index contributed by atoms with van der Waals surface area (Å²) < 4.78 is 0. The molecule has 0 N–H and O–H groups in total. The Morgan fingerprint density at radius 1 is 0.500 bits per heavy atom. The molecule has 2 heteroatoms. The molecule has 0 saturated heterocycles. The molecule has 4 aromatic rings. The number of nitrogens with zero attached hydrogens (tertiary/aromatic N) is 2. The molecule has 0 aromatic heterocycles. The third-order valence-electron chi connectivity index (χ3n) is 5.44. The molecule has 0 unspecified atom stereocenters. The Labute approximate surface area is 166 Å². The van der Waals surface area contributed by atoms with Crippen LogP contribution in [0, 0.1) is 0 Å². The van der Waals surface area contributed by atoms with Gasteiger partial charge in [0.1, 0.15) is 0 Å². The third kappa shape index (κ3) is 2.74. The Balaban J connectivity index is 1.84. The summed E-state index contributed by atoms with van der Waals surface area (Å²) >= 11 is 0. The topological polar surface area (TPSA) is 6.48 Å². The van der Waals surface area contributed by atoms with Gasteiger partial charge in [0.2, 0.25) is 0 Å². The molecular formula is C26H22N2. The van der Waals surface area contributed by atoms with Gasteiger partial charge in [0, 0.05) is 29.5 Å². The Morgan fingerprint density at radius 3 is 1.61 bits per heavy atom. The van der Waals surface area contributed by atoms with Gasteiger partial charge in [-0.25, -0.2) is 0 Å². The van der Waals surface area contributed by atoms with E-state index in [2.05, 4.69) is 120 Å². The molecule has 0 spiro atoms. The zero-order chi connectivity index (χ0) is 18.9. The Bertz CT molecular complexity index is 1120. The molecule has 0 saturated carbocycles. The van der Waals surface area contributed by atoms with Gasteiger partial charge in [-0.2, -0.15) is 0 Å². The van der Waals surface area contributed by atoms with E-state index in [1.165, 1.54) is 39.3 Å². The fourth-order valence-corrected chi connectivity index (χ4v) is 4.12. The number of benzene rings is 4. The molecule has 0 atom stereocenters. The zero-order valence-corrected chi connectivity index (χ0v) is 15.9. The molecule has 0 amide bonds. The molecule has 0 fully saturated rings. The molecule has 0 radical (unpaired) electrons. The van der Waals surface area contributed by atoms with Crippen molar-refractivity contribution in [2.75, 3.05) is 23.5 Å². The molecule has 1 aliphatic rings. The largest absolute Gasteiger partial charge is 0.356 e. The smallest absolute Gasteiger partial charge is 0.0949 e. The summed E-state index contributed by atoms with van der Waals surface area (Å²) in [7, 11) is 2.17. The number of hydrogen-bond donors (Lipinski definition) is 0. The van der Waals surface area contributed by atoms with Crippen LogP contribution in [0.15, 0.2) is 103 Å². The lowest BCUT2D eigenvalue weighted by atomic mass is 9.92. The maximum Gasteiger partial charge on any atom is 0.0949 e. The lowest BCUT2D eigenvalue weighted by molar-refractivity contribution is 0.890. The standard InChI is InChI=1S/C26H22N2/c1-27-19-28(20-11-3-2-4-12-20)26-18-10-8-16-24(26)22-14-6-5-13-21(22)23-15-7-9-17-25(23)27/h2-18H,19H2,1H3. The predicted molar refractivity (Wildman–Crippen MR) is 119 cm³/mol. The van der Waals surface area contributed by atoms with Crippen LogP contribution in [0.25, 0.3) is 22.3 Å². The first-order valence-corrected chi connectivity index (χ1v) is 9.64. The van der Waals surface area contributed by atoms with Crippen molar-refractivity contribution in [3.05, 3.63) is 103 Å². The summed E-state index contributed by atoms with van der Waals surface area (Å²) in [5.74, 6) is 0. The number of para-hydroxylation sites is 3. The maximum atomic E-state index is 2.40. The van der Waals surface area contributed by atoms with Crippen molar-refractivity contribution in [2.24, 2.45) is 0 Å². The summed E-state index contributed by atoms with van der Waals surface area (Å²) in [6, 6.07) is 36.8. The van der Waals surface area contributed by atoms with E-state index in [0.717, 1.165) is 6.67 Å². The minimum atomic E-state index is 0.770. The van der Waals surface area contributed by atoms with E-state index in [4.69, 9.17) is 0 Å². The third-order valence-corrected chi connectivity index (χ3v) is 5.44. The van der Waals surface area contributed by atoms with Gasteiger partial charge in [-0.3, -0.25) is 0 Å². The summed E-state index contributed by atoms with van der Waals surface area (Å²) in [4.78, 5) is 4.73. The van der Waals surface area contributed by atoms with Crippen LogP contribution in [-0.4, -0.2) is 13.7 Å². The first-order chi connectivity index (χ1) is 13.8. The zero-order valence-electron chi connectivity index (χ0n) is 15.9. The highest BCUT2D eigenvalue weighted by Crippen LogP contribution is 2.44. The van der Waals surface area contributed by atoms with E-state index in [0.29, 0.717) is 0 Å². The molecular weight excluding hydrogens is 340 g/mol. The summed E-state index contributed by atoms with van der Waals surface area (Å²) in [5.41, 5.74) is 8.72. The second-order valence-electron chi connectivity index (χ2n) is 7.18. The molecule has 2 nitrogen and oxygen atoms in total. The van der Waals surface area contributed by atoms with E-state index < -0.39 is 0 Å². The normalized spacial score (nSPS) is 12.9.